The lowest BCUT2D eigenvalue weighted by Gasteiger charge is -2.05. The Bertz CT molecular complexity index is 721. The van der Waals surface area contributed by atoms with E-state index in [0.717, 1.165) is 16.3 Å². The van der Waals surface area contributed by atoms with Gasteiger partial charge < -0.3 is 4.74 Å². The summed E-state index contributed by atoms with van der Waals surface area (Å²) in [5.41, 5.74) is 1.16. The molecular formula is C15H10Cl2OS. The zero-order valence-electron chi connectivity index (χ0n) is 9.90. The zero-order chi connectivity index (χ0) is 13.2. The summed E-state index contributed by atoms with van der Waals surface area (Å²) in [7, 11) is 0. The Balaban J connectivity index is 1.82. The smallest absolute Gasteiger partial charge is 0.121 e. The van der Waals surface area contributed by atoms with Crippen molar-refractivity contribution < 1.29 is 4.74 Å². The first-order chi connectivity index (χ1) is 9.22. The molecule has 0 saturated carbocycles. The van der Waals surface area contributed by atoms with Gasteiger partial charge in [0.1, 0.15) is 12.4 Å². The molecule has 4 heteroatoms. The summed E-state index contributed by atoms with van der Waals surface area (Å²) in [4.78, 5) is 0. The molecule has 0 aliphatic heterocycles. The molecule has 0 fully saturated rings. The second-order valence-corrected chi connectivity index (χ2v) is 5.93. The van der Waals surface area contributed by atoms with Crippen LogP contribution >= 0.6 is 34.5 Å². The Kier molecular flexibility index (Phi) is 3.65. The molecule has 0 aliphatic rings. The van der Waals surface area contributed by atoms with Crippen LogP contribution in [0.2, 0.25) is 10.0 Å². The first-order valence-corrected chi connectivity index (χ1v) is 7.40. The van der Waals surface area contributed by atoms with Gasteiger partial charge in [0, 0.05) is 20.3 Å². The molecule has 3 aromatic rings. The van der Waals surface area contributed by atoms with E-state index in [1.54, 1.807) is 11.3 Å². The van der Waals surface area contributed by atoms with E-state index in [-0.39, 0.29) is 0 Å². The fourth-order valence-electron chi connectivity index (χ4n) is 1.89. The minimum atomic E-state index is 0.530. The summed E-state index contributed by atoms with van der Waals surface area (Å²) >= 11 is 13.6. The summed E-state index contributed by atoms with van der Waals surface area (Å²) in [6, 6.07) is 13.3. The van der Waals surface area contributed by atoms with E-state index in [2.05, 4.69) is 5.38 Å². The molecule has 0 spiro atoms. The van der Waals surface area contributed by atoms with Crippen molar-refractivity contribution in [1.82, 2.24) is 0 Å². The van der Waals surface area contributed by atoms with Gasteiger partial charge in [-0.05, 0) is 41.1 Å². The molecule has 0 aliphatic carbocycles. The normalized spacial score (nSPS) is 10.8. The number of hydrogen-bond donors (Lipinski definition) is 0. The number of fused-ring (bicyclic) bond motifs is 1. The van der Waals surface area contributed by atoms with E-state index < -0.39 is 0 Å². The van der Waals surface area contributed by atoms with Crippen molar-refractivity contribution in [3.05, 3.63) is 63.5 Å². The average molecular weight is 309 g/mol. The van der Waals surface area contributed by atoms with Crippen molar-refractivity contribution >= 4 is 44.6 Å². The Labute approximate surface area is 125 Å². The second kappa shape index (κ2) is 5.41. The van der Waals surface area contributed by atoms with E-state index in [4.69, 9.17) is 27.9 Å². The van der Waals surface area contributed by atoms with Crippen LogP contribution in [0.25, 0.3) is 10.1 Å². The highest BCUT2D eigenvalue weighted by Crippen LogP contribution is 2.29. The topological polar surface area (TPSA) is 9.23 Å². The molecule has 0 radical (unpaired) electrons. The molecule has 0 saturated heterocycles. The van der Waals surface area contributed by atoms with Gasteiger partial charge in [0.05, 0.1) is 0 Å². The van der Waals surface area contributed by atoms with Crippen molar-refractivity contribution in [2.45, 2.75) is 6.61 Å². The lowest BCUT2D eigenvalue weighted by atomic mass is 10.2. The van der Waals surface area contributed by atoms with E-state index in [9.17, 15) is 0 Å². The third-order valence-corrected chi connectivity index (χ3v) is 4.27. The van der Waals surface area contributed by atoms with Crippen molar-refractivity contribution in [2.24, 2.45) is 0 Å². The van der Waals surface area contributed by atoms with Crippen LogP contribution in [0.4, 0.5) is 0 Å². The van der Waals surface area contributed by atoms with Crippen LogP contribution in [-0.4, -0.2) is 0 Å². The molecule has 1 nitrogen and oxygen atoms in total. The van der Waals surface area contributed by atoms with Gasteiger partial charge in [-0.2, -0.15) is 0 Å². The highest BCUT2D eigenvalue weighted by Gasteiger charge is 2.05. The standard InChI is InChI=1S/C15H10Cl2OS/c16-11-2-1-3-13(6-11)18-8-10-9-19-15-7-12(17)4-5-14(10)15/h1-7,9H,8H2. The fourth-order valence-corrected chi connectivity index (χ4v) is 3.29. The number of ether oxygens (including phenoxy) is 1. The van der Waals surface area contributed by atoms with Crippen LogP contribution in [-0.2, 0) is 6.61 Å². The number of thiophene rings is 1. The van der Waals surface area contributed by atoms with Crippen LogP contribution < -0.4 is 4.74 Å². The van der Waals surface area contributed by atoms with Crippen LogP contribution in [0.5, 0.6) is 5.75 Å². The zero-order valence-corrected chi connectivity index (χ0v) is 12.2. The molecule has 0 atom stereocenters. The number of rotatable bonds is 3. The van der Waals surface area contributed by atoms with Gasteiger partial charge in [-0.15, -0.1) is 11.3 Å². The first kappa shape index (κ1) is 12.8. The van der Waals surface area contributed by atoms with Gasteiger partial charge in [-0.25, -0.2) is 0 Å². The lowest BCUT2D eigenvalue weighted by molar-refractivity contribution is 0.308. The monoisotopic (exact) mass is 308 g/mol. The minimum Gasteiger partial charge on any atom is -0.489 e. The summed E-state index contributed by atoms with van der Waals surface area (Å²) in [6.07, 6.45) is 0. The van der Waals surface area contributed by atoms with Gasteiger partial charge in [-0.1, -0.05) is 35.3 Å². The summed E-state index contributed by atoms with van der Waals surface area (Å²) in [5, 5.41) is 4.73. The summed E-state index contributed by atoms with van der Waals surface area (Å²) in [6.45, 7) is 0.530. The minimum absolute atomic E-state index is 0.530. The molecule has 1 aromatic heterocycles. The Hall–Kier alpha value is -1.22. The van der Waals surface area contributed by atoms with Crippen LogP contribution in [0, 0.1) is 0 Å². The highest BCUT2D eigenvalue weighted by atomic mass is 35.5. The molecule has 0 bridgehead atoms. The largest absolute Gasteiger partial charge is 0.489 e. The van der Waals surface area contributed by atoms with Gasteiger partial charge in [0.15, 0.2) is 0 Å². The van der Waals surface area contributed by atoms with Crippen molar-refractivity contribution in [3.8, 4) is 5.75 Å². The quantitative estimate of drug-likeness (QED) is 0.595. The van der Waals surface area contributed by atoms with E-state index >= 15 is 0 Å². The molecule has 1 heterocycles. The molecule has 19 heavy (non-hydrogen) atoms. The summed E-state index contributed by atoms with van der Waals surface area (Å²) in [5.74, 6) is 0.779. The number of hydrogen-bond acceptors (Lipinski definition) is 2. The molecule has 2 aromatic carbocycles. The highest BCUT2D eigenvalue weighted by molar-refractivity contribution is 7.17. The van der Waals surface area contributed by atoms with Crippen LogP contribution in [0.1, 0.15) is 5.56 Å². The van der Waals surface area contributed by atoms with E-state index in [0.29, 0.717) is 11.6 Å². The third kappa shape index (κ3) is 2.86. The maximum absolute atomic E-state index is 5.98. The first-order valence-electron chi connectivity index (χ1n) is 5.76. The Morgan fingerprint density at radius 2 is 1.84 bits per heavy atom. The maximum Gasteiger partial charge on any atom is 0.121 e. The molecule has 3 rings (SSSR count). The second-order valence-electron chi connectivity index (χ2n) is 4.15. The van der Waals surface area contributed by atoms with Gasteiger partial charge in [0.25, 0.3) is 0 Å². The van der Waals surface area contributed by atoms with Crippen molar-refractivity contribution in [2.75, 3.05) is 0 Å². The van der Waals surface area contributed by atoms with Crippen molar-refractivity contribution in [1.29, 1.82) is 0 Å². The molecule has 0 unspecified atom stereocenters. The molecule has 96 valence electrons. The molecular weight excluding hydrogens is 299 g/mol. The molecule has 0 N–H and O–H groups in total. The maximum atomic E-state index is 5.98. The van der Waals surface area contributed by atoms with Crippen LogP contribution in [0.15, 0.2) is 47.8 Å². The average Bonchev–Trinajstić information content (AvgIpc) is 2.78. The lowest BCUT2D eigenvalue weighted by Crippen LogP contribution is -1.93. The number of benzene rings is 2. The Morgan fingerprint density at radius 1 is 1.00 bits per heavy atom. The summed E-state index contributed by atoms with van der Waals surface area (Å²) < 4.78 is 6.94. The van der Waals surface area contributed by atoms with Gasteiger partial charge in [0.2, 0.25) is 0 Å². The third-order valence-electron chi connectivity index (χ3n) is 2.81. The predicted molar refractivity (Wildman–Crippen MR) is 82.6 cm³/mol. The van der Waals surface area contributed by atoms with Gasteiger partial charge >= 0.3 is 0 Å². The number of halogens is 2. The van der Waals surface area contributed by atoms with Crippen molar-refractivity contribution in [3.63, 3.8) is 0 Å². The fraction of sp³-hybridized carbons (Fsp3) is 0.0667. The molecule has 0 amide bonds. The van der Waals surface area contributed by atoms with Crippen LogP contribution in [0.3, 0.4) is 0 Å². The SMILES string of the molecule is Clc1cccc(OCc2csc3cc(Cl)ccc23)c1. The van der Waals surface area contributed by atoms with E-state index in [1.165, 1.54) is 10.1 Å². The van der Waals surface area contributed by atoms with Gasteiger partial charge in [-0.3, -0.25) is 0 Å². The van der Waals surface area contributed by atoms with E-state index in [1.807, 2.05) is 42.5 Å². The predicted octanol–water partition coefficient (Wildman–Crippen LogP) is 5.79. The Morgan fingerprint density at radius 3 is 2.68 bits per heavy atom.